The Bertz CT molecular complexity index is 1090. The normalized spacial score (nSPS) is 12.8. The van der Waals surface area contributed by atoms with E-state index in [-0.39, 0.29) is 11.6 Å². The largest absolute Gasteiger partial charge is 0.481 e. The summed E-state index contributed by atoms with van der Waals surface area (Å²) in [6.45, 7) is 7.98. The summed E-state index contributed by atoms with van der Waals surface area (Å²) in [6, 6.07) is 13.3. The van der Waals surface area contributed by atoms with E-state index < -0.39 is 17.2 Å². The van der Waals surface area contributed by atoms with E-state index in [0.717, 1.165) is 0 Å². The van der Waals surface area contributed by atoms with Gasteiger partial charge in [-0.2, -0.15) is 0 Å². The molecule has 2 atom stereocenters. The van der Waals surface area contributed by atoms with E-state index in [9.17, 15) is 9.18 Å². The van der Waals surface area contributed by atoms with Crippen molar-refractivity contribution in [2.75, 3.05) is 5.32 Å². The molecule has 6 nitrogen and oxygen atoms in total. The van der Waals surface area contributed by atoms with Crippen LogP contribution in [0.4, 0.5) is 10.1 Å². The highest BCUT2D eigenvalue weighted by Crippen LogP contribution is 2.31. The number of benzene rings is 2. The van der Waals surface area contributed by atoms with Gasteiger partial charge in [0.1, 0.15) is 11.6 Å². The highest BCUT2D eigenvalue weighted by Gasteiger charge is 2.25. The molecule has 3 rings (SSSR count). The highest BCUT2D eigenvalue weighted by molar-refractivity contribution is 8.00. The van der Waals surface area contributed by atoms with Gasteiger partial charge in [-0.25, -0.2) is 4.39 Å². The molecular formula is C23H24ClFN4O2S. The van der Waals surface area contributed by atoms with Gasteiger partial charge in [0.2, 0.25) is 5.91 Å². The van der Waals surface area contributed by atoms with Crippen molar-refractivity contribution in [2.24, 2.45) is 0 Å². The fourth-order valence-electron chi connectivity index (χ4n) is 3.00. The average molecular weight is 475 g/mol. The van der Waals surface area contributed by atoms with E-state index in [0.29, 0.717) is 34.7 Å². The second kappa shape index (κ2) is 11.2. The van der Waals surface area contributed by atoms with Crippen molar-refractivity contribution >= 4 is 35.0 Å². The molecule has 1 heterocycles. The minimum atomic E-state index is -0.491. The van der Waals surface area contributed by atoms with Gasteiger partial charge in [-0.3, -0.25) is 9.36 Å². The first-order chi connectivity index (χ1) is 15.4. The van der Waals surface area contributed by atoms with E-state index in [4.69, 9.17) is 16.3 Å². The number of nitrogens with zero attached hydrogens (tertiary/aromatic N) is 3. The predicted molar refractivity (Wildman–Crippen MR) is 126 cm³/mol. The van der Waals surface area contributed by atoms with Crippen molar-refractivity contribution in [2.45, 2.75) is 43.3 Å². The zero-order chi connectivity index (χ0) is 23.1. The van der Waals surface area contributed by atoms with Crippen LogP contribution in [0.15, 0.2) is 66.3 Å². The summed E-state index contributed by atoms with van der Waals surface area (Å²) in [5.41, 5.74) is 0.145. The Morgan fingerprint density at radius 3 is 2.69 bits per heavy atom. The number of carbonyl (C=O) groups excluding carboxylic acids is 1. The molecule has 0 aliphatic rings. The molecule has 168 valence electrons. The highest BCUT2D eigenvalue weighted by atomic mass is 35.5. The molecule has 32 heavy (non-hydrogen) atoms. The Hall–Kier alpha value is -2.84. The van der Waals surface area contributed by atoms with Crippen molar-refractivity contribution in [3.05, 3.63) is 77.9 Å². The Morgan fingerprint density at radius 2 is 2.00 bits per heavy atom. The number of anilines is 1. The first-order valence-electron chi connectivity index (χ1n) is 10.1. The minimum absolute atomic E-state index is 0.145. The summed E-state index contributed by atoms with van der Waals surface area (Å²) in [7, 11) is 0. The van der Waals surface area contributed by atoms with Crippen LogP contribution in [-0.4, -0.2) is 25.9 Å². The van der Waals surface area contributed by atoms with Crippen molar-refractivity contribution in [3.8, 4) is 5.75 Å². The second-order valence-corrected chi connectivity index (χ2v) is 8.49. The molecule has 0 aliphatic heterocycles. The lowest BCUT2D eigenvalue weighted by Gasteiger charge is -2.18. The molecule has 2 unspecified atom stereocenters. The number of allylic oxidation sites excluding steroid dienone is 1. The van der Waals surface area contributed by atoms with Crippen LogP contribution in [0.25, 0.3) is 0 Å². The summed E-state index contributed by atoms with van der Waals surface area (Å²) >= 11 is 7.46. The summed E-state index contributed by atoms with van der Waals surface area (Å²) in [6.07, 6.45) is 1.80. The monoisotopic (exact) mass is 474 g/mol. The number of nitrogens with one attached hydrogen (secondary N) is 1. The summed E-state index contributed by atoms with van der Waals surface area (Å²) in [5, 5.41) is 11.8. The third kappa shape index (κ3) is 5.69. The number of thioether (sulfide) groups is 1. The molecule has 0 spiro atoms. The molecule has 0 bridgehead atoms. The third-order valence-corrected chi connectivity index (χ3v) is 6.26. The quantitative estimate of drug-likeness (QED) is 0.292. The first-order valence-corrected chi connectivity index (χ1v) is 11.4. The Morgan fingerprint density at radius 1 is 1.28 bits per heavy atom. The third-order valence-electron chi connectivity index (χ3n) is 4.60. The lowest BCUT2D eigenvalue weighted by molar-refractivity contribution is -0.115. The lowest BCUT2D eigenvalue weighted by Crippen LogP contribution is -2.25. The zero-order valence-corrected chi connectivity index (χ0v) is 19.4. The van der Waals surface area contributed by atoms with Gasteiger partial charge in [0, 0.05) is 6.54 Å². The van der Waals surface area contributed by atoms with Crippen LogP contribution < -0.4 is 10.1 Å². The number of halogens is 2. The molecule has 9 heteroatoms. The van der Waals surface area contributed by atoms with Gasteiger partial charge in [0.05, 0.1) is 16.0 Å². The van der Waals surface area contributed by atoms with Gasteiger partial charge in [0.15, 0.2) is 17.1 Å². The molecule has 1 aromatic heterocycles. The number of para-hydroxylation sites is 2. The number of amides is 1. The first kappa shape index (κ1) is 23.8. The van der Waals surface area contributed by atoms with Gasteiger partial charge in [0.25, 0.3) is 0 Å². The van der Waals surface area contributed by atoms with Crippen LogP contribution >= 0.6 is 23.4 Å². The molecule has 0 aliphatic carbocycles. The maximum Gasteiger partial charge on any atom is 0.238 e. The van der Waals surface area contributed by atoms with E-state index in [2.05, 4.69) is 22.1 Å². The SMILES string of the molecule is C=CCn1c(SC(CC)C(=O)Nc2ccccc2F)nnc1C(C)Oc1ccccc1Cl. The van der Waals surface area contributed by atoms with Crippen LogP contribution in [0.5, 0.6) is 5.75 Å². The molecule has 2 aromatic carbocycles. The number of hydrogen-bond acceptors (Lipinski definition) is 5. The number of hydrogen-bond donors (Lipinski definition) is 1. The Balaban J connectivity index is 1.78. The van der Waals surface area contributed by atoms with Crippen molar-refractivity contribution < 1.29 is 13.9 Å². The fourth-order valence-corrected chi connectivity index (χ4v) is 4.15. The maximum absolute atomic E-state index is 13.9. The maximum atomic E-state index is 13.9. The van der Waals surface area contributed by atoms with Gasteiger partial charge < -0.3 is 10.1 Å². The molecule has 3 aromatic rings. The molecule has 0 saturated heterocycles. The van der Waals surface area contributed by atoms with E-state index in [1.807, 2.05) is 30.5 Å². The number of carbonyl (C=O) groups is 1. The topological polar surface area (TPSA) is 69.0 Å². The van der Waals surface area contributed by atoms with Crippen molar-refractivity contribution in [1.82, 2.24) is 14.8 Å². The second-order valence-electron chi connectivity index (χ2n) is 6.91. The van der Waals surface area contributed by atoms with E-state index in [1.54, 1.807) is 30.3 Å². The molecule has 0 saturated carbocycles. The molecular weight excluding hydrogens is 451 g/mol. The molecule has 0 fully saturated rings. The van der Waals surface area contributed by atoms with Crippen LogP contribution in [-0.2, 0) is 11.3 Å². The fraction of sp³-hybridized carbons (Fsp3) is 0.261. The standard InChI is InChI=1S/C23H24ClFN4O2S/c1-4-14-29-21(15(3)31-19-13-9-6-10-16(19)24)27-28-23(29)32-20(5-2)22(30)26-18-12-8-7-11-17(18)25/h4,6-13,15,20H,1,5,14H2,2-3H3,(H,26,30). The number of ether oxygens (including phenoxy) is 1. The van der Waals surface area contributed by atoms with Gasteiger partial charge in [-0.05, 0) is 37.6 Å². The smallest absolute Gasteiger partial charge is 0.238 e. The zero-order valence-electron chi connectivity index (χ0n) is 17.8. The Kier molecular flexibility index (Phi) is 8.30. The average Bonchev–Trinajstić information content (AvgIpc) is 3.17. The Labute approximate surface area is 195 Å². The molecule has 0 radical (unpaired) electrons. The van der Waals surface area contributed by atoms with Crippen LogP contribution in [0.2, 0.25) is 5.02 Å². The van der Waals surface area contributed by atoms with Crippen LogP contribution in [0.3, 0.4) is 0 Å². The van der Waals surface area contributed by atoms with Gasteiger partial charge in [-0.15, -0.1) is 16.8 Å². The van der Waals surface area contributed by atoms with Crippen LogP contribution in [0, 0.1) is 5.82 Å². The summed E-state index contributed by atoms with van der Waals surface area (Å²) in [5.74, 6) is 0.331. The van der Waals surface area contributed by atoms with Crippen molar-refractivity contribution in [3.63, 3.8) is 0 Å². The van der Waals surface area contributed by atoms with Gasteiger partial charge in [-0.1, -0.05) is 60.6 Å². The van der Waals surface area contributed by atoms with Crippen LogP contribution in [0.1, 0.15) is 32.2 Å². The summed E-state index contributed by atoms with van der Waals surface area (Å²) in [4.78, 5) is 12.8. The molecule has 1 N–H and O–H groups in total. The predicted octanol–water partition coefficient (Wildman–Crippen LogP) is 5.91. The van der Waals surface area contributed by atoms with E-state index >= 15 is 0 Å². The van der Waals surface area contributed by atoms with Gasteiger partial charge >= 0.3 is 0 Å². The lowest BCUT2D eigenvalue weighted by atomic mass is 10.2. The number of rotatable bonds is 10. The van der Waals surface area contributed by atoms with E-state index in [1.165, 1.54) is 23.9 Å². The number of aromatic nitrogens is 3. The minimum Gasteiger partial charge on any atom is -0.481 e. The summed E-state index contributed by atoms with van der Waals surface area (Å²) < 4.78 is 21.8. The van der Waals surface area contributed by atoms with Crippen molar-refractivity contribution in [1.29, 1.82) is 0 Å². The molecule has 1 amide bonds.